The van der Waals surface area contributed by atoms with E-state index in [4.69, 9.17) is 9.84 Å². The number of hydrogen-bond donors (Lipinski definition) is 2. The highest BCUT2D eigenvalue weighted by atomic mass is 35.5. The minimum absolute atomic E-state index is 0. The van der Waals surface area contributed by atoms with E-state index in [1.165, 1.54) is 24.6 Å². The predicted molar refractivity (Wildman–Crippen MR) is 159 cm³/mol. The highest BCUT2D eigenvalue weighted by Crippen LogP contribution is 2.24. The van der Waals surface area contributed by atoms with Crippen LogP contribution in [0.3, 0.4) is 0 Å². The summed E-state index contributed by atoms with van der Waals surface area (Å²) in [6, 6.07) is 14.0. The maximum Gasteiger partial charge on any atom is 0.335 e. The molecule has 8 nitrogen and oxygen atoms in total. The van der Waals surface area contributed by atoms with Gasteiger partial charge in [0.05, 0.1) is 5.56 Å². The smallest absolute Gasteiger partial charge is 0.335 e. The minimum Gasteiger partial charge on any atom is -0.478 e. The fourth-order valence-electron chi connectivity index (χ4n) is 5.05. The molecule has 0 aliphatic carbocycles. The third-order valence-electron chi connectivity index (χ3n) is 7.08. The van der Waals surface area contributed by atoms with Gasteiger partial charge < -0.3 is 20.1 Å². The third kappa shape index (κ3) is 10.1. The number of rotatable bonds is 13. The van der Waals surface area contributed by atoms with Gasteiger partial charge in [-0.25, -0.2) is 4.79 Å². The summed E-state index contributed by atoms with van der Waals surface area (Å²) in [5.74, 6) is 0.531. The molecule has 1 heterocycles. The number of carbonyl (C=O) groups excluding carboxylic acids is 2. The summed E-state index contributed by atoms with van der Waals surface area (Å²) in [6.45, 7) is 11.1. The Balaban J connectivity index is 0.00000560. The number of aromatic carboxylic acids is 1. The van der Waals surface area contributed by atoms with E-state index in [9.17, 15) is 14.4 Å². The molecule has 1 fully saturated rings. The van der Waals surface area contributed by atoms with Crippen molar-refractivity contribution >= 4 is 30.2 Å². The number of nitrogens with one attached hydrogen (secondary N) is 1. The van der Waals surface area contributed by atoms with Crippen molar-refractivity contribution in [3.63, 3.8) is 0 Å². The number of ether oxygens (including phenoxy) is 1. The molecule has 40 heavy (non-hydrogen) atoms. The summed E-state index contributed by atoms with van der Waals surface area (Å²) in [6.07, 6.45) is 4.45. The Hall–Kier alpha value is -3.10. The van der Waals surface area contributed by atoms with Crippen molar-refractivity contribution < 1.29 is 24.2 Å². The van der Waals surface area contributed by atoms with Crippen LogP contribution < -0.4 is 10.1 Å². The Kier molecular flexibility index (Phi) is 13.4. The average Bonchev–Trinajstić information content (AvgIpc) is 2.90. The lowest BCUT2D eigenvalue weighted by Gasteiger charge is -2.40. The van der Waals surface area contributed by atoms with E-state index in [-0.39, 0.29) is 35.8 Å². The second kappa shape index (κ2) is 16.2. The number of piperidine rings is 1. The Morgan fingerprint density at radius 2 is 1.60 bits per heavy atom. The van der Waals surface area contributed by atoms with E-state index in [1.807, 2.05) is 29.2 Å². The topological polar surface area (TPSA) is 99.2 Å². The Morgan fingerprint density at radius 3 is 2.10 bits per heavy atom. The lowest BCUT2D eigenvalue weighted by Crippen LogP contribution is -2.54. The van der Waals surface area contributed by atoms with Crippen LogP contribution in [-0.2, 0) is 16.1 Å². The van der Waals surface area contributed by atoms with Gasteiger partial charge in [-0.2, -0.15) is 0 Å². The van der Waals surface area contributed by atoms with Gasteiger partial charge in [0.25, 0.3) is 0 Å². The molecular formula is C31H44ClN3O5. The van der Waals surface area contributed by atoms with Crippen molar-refractivity contribution in [2.75, 3.05) is 19.6 Å². The number of benzene rings is 2. The lowest BCUT2D eigenvalue weighted by molar-refractivity contribution is -0.139. The number of likely N-dealkylation sites (tertiary alicyclic amines) is 1. The summed E-state index contributed by atoms with van der Waals surface area (Å²) in [4.78, 5) is 40.8. The van der Waals surface area contributed by atoms with E-state index >= 15 is 0 Å². The van der Waals surface area contributed by atoms with Crippen molar-refractivity contribution in [1.82, 2.24) is 15.1 Å². The first-order chi connectivity index (χ1) is 18.7. The normalized spacial score (nSPS) is 14.7. The standard InChI is InChI=1S/C31H43N3O5.ClH/c1-5-6-17-34(30(36)29(20-22(2)3)32-23(4)35)26-15-18-33(19-16-26)21-24-7-11-27(12-8-24)39-28-13-9-25(10-14-28)31(37)38;/h7-14,22,26,29H,5-6,15-21H2,1-4H3,(H,32,35)(H,37,38);1H. The molecule has 1 atom stereocenters. The molecule has 2 amide bonds. The maximum atomic E-state index is 13.6. The molecule has 0 spiro atoms. The zero-order valence-electron chi connectivity index (χ0n) is 24.1. The molecule has 0 bridgehead atoms. The van der Waals surface area contributed by atoms with Crippen LogP contribution in [0.15, 0.2) is 48.5 Å². The predicted octanol–water partition coefficient (Wildman–Crippen LogP) is 5.74. The molecule has 1 unspecified atom stereocenters. The van der Waals surface area contributed by atoms with E-state index in [0.717, 1.165) is 51.9 Å². The molecule has 9 heteroatoms. The highest BCUT2D eigenvalue weighted by Gasteiger charge is 2.32. The molecule has 3 rings (SSSR count). The number of carbonyl (C=O) groups is 3. The Morgan fingerprint density at radius 1 is 1.02 bits per heavy atom. The molecular weight excluding hydrogens is 530 g/mol. The van der Waals surface area contributed by atoms with E-state index < -0.39 is 12.0 Å². The number of amides is 2. The van der Waals surface area contributed by atoms with Crippen LogP contribution in [0.25, 0.3) is 0 Å². The van der Waals surface area contributed by atoms with Crippen LogP contribution in [0.5, 0.6) is 11.5 Å². The van der Waals surface area contributed by atoms with E-state index in [1.54, 1.807) is 12.1 Å². The van der Waals surface area contributed by atoms with E-state index in [0.29, 0.717) is 23.8 Å². The molecule has 0 saturated carbocycles. The van der Waals surface area contributed by atoms with Gasteiger partial charge in [0.15, 0.2) is 0 Å². The zero-order valence-corrected chi connectivity index (χ0v) is 24.9. The van der Waals surface area contributed by atoms with Gasteiger partial charge >= 0.3 is 5.97 Å². The molecule has 1 saturated heterocycles. The van der Waals surface area contributed by atoms with Gasteiger partial charge in [0, 0.05) is 39.1 Å². The number of carboxylic acids is 1. The average molecular weight is 574 g/mol. The number of carboxylic acid groups (broad SMARTS) is 1. The van der Waals surface area contributed by atoms with Crippen molar-refractivity contribution in [3.8, 4) is 11.5 Å². The number of hydrogen-bond acceptors (Lipinski definition) is 5. The third-order valence-corrected chi connectivity index (χ3v) is 7.08. The first-order valence-electron chi connectivity index (χ1n) is 14.1. The molecule has 2 aromatic rings. The number of halogens is 1. The van der Waals surface area contributed by atoms with Gasteiger partial charge in [0.1, 0.15) is 17.5 Å². The molecule has 2 aromatic carbocycles. The Bertz CT molecular complexity index is 1080. The largest absolute Gasteiger partial charge is 0.478 e. The minimum atomic E-state index is -0.962. The molecule has 0 aromatic heterocycles. The van der Waals surface area contributed by atoms with Crippen LogP contribution in [0, 0.1) is 5.92 Å². The van der Waals surface area contributed by atoms with Crippen molar-refractivity contribution in [2.45, 2.75) is 78.4 Å². The maximum absolute atomic E-state index is 13.6. The highest BCUT2D eigenvalue weighted by molar-refractivity contribution is 5.88. The van der Waals surface area contributed by atoms with Crippen molar-refractivity contribution in [2.24, 2.45) is 5.92 Å². The zero-order chi connectivity index (χ0) is 28.4. The van der Waals surface area contributed by atoms with Gasteiger partial charge in [-0.05, 0) is 73.6 Å². The Labute approximate surface area is 244 Å². The monoisotopic (exact) mass is 573 g/mol. The fourth-order valence-corrected chi connectivity index (χ4v) is 5.05. The van der Waals surface area contributed by atoms with Crippen LogP contribution >= 0.6 is 12.4 Å². The summed E-state index contributed by atoms with van der Waals surface area (Å²) in [5, 5.41) is 11.9. The molecule has 1 aliphatic rings. The molecule has 220 valence electrons. The fraction of sp³-hybridized carbons (Fsp3) is 0.516. The van der Waals surface area contributed by atoms with Gasteiger partial charge in [-0.1, -0.05) is 39.3 Å². The quantitative estimate of drug-likeness (QED) is 0.317. The number of nitrogens with zero attached hydrogens (tertiary/aromatic N) is 2. The molecule has 0 radical (unpaired) electrons. The van der Waals surface area contributed by atoms with Gasteiger partial charge in [-0.3, -0.25) is 14.5 Å². The van der Waals surface area contributed by atoms with Gasteiger partial charge in [0.2, 0.25) is 11.8 Å². The summed E-state index contributed by atoms with van der Waals surface area (Å²) < 4.78 is 5.85. The van der Waals surface area contributed by atoms with Crippen LogP contribution in [0.1, 0.15) is 75.7 Å². The van der Waals surface area contributed by atoms with E-state index in [2.05, 4.69) is 31.0 Å². The summed E-state index contributed by atoms with van der Waals surface area (Å²) in [7, 11) is 0. The number of unbranched alkanes of at least 4 members (excludes halogenated alkanes) is 1. The van der Waals surface area contributed by atoms with Crippen LogP contribution in [0.4, 0.5) is 0 Å². The first-order valence-corrected chi connectivity index (χ1v) is 14.1. The lowest BCUT2D eigenvalue weighted by atomic mass is 9.98. The second-order valence-electron chi connectivity index (χ2n) is 10.9. The van der Waals surface area contributed by atoms with Crippen molar-refractivity contribution in [3.05, 3.63) is 59.7 Å². The SMILES string of the molecule is CCCCN(C(=O)C(CC(C)C)NC(C)=O)C1CCN(Cc2ccc(Oc3ccc(C(=O)O)cc3)cc2)CC1.Cl. The van der Waals surface area contributed by atoms with Crippen molar-refractivity contribution in [1.29, 1.82) is 0 Å². The summed E-state index contributed by atoms with van der Waals surface area (Å²) >= 11 is 0. The molecule has 1 aliphatic heterocycles. The molecule has 2 N–H and O–H groups in total. The second-order valence-corrected chi connectivity index (χ2v) is 10.9. The van der Waals surface area contributed by atoms with Gasteiger partial charge in [-0.15, -0.1) is 12.4 Å². The van der Waals surface area contributed by atoms with Crippen LogP contribution in [-0.4, -0.2) is 64.4 Å². The van der Waals surface area contributed by atoms with Crippen LogP contribution in [0.2, 0.25) is 0 Å². The summed E-state index contributed by atoms with van der Waals surface area (Å²) in [5.41, 5.74) is 1.41. The first kappa shape index (κ1) is 33.1.